The molecule has 0 aromatic carbocycles. The second-order valence-corrected chi connectivity index (χ2v) is 3.69. The zero-order valence-corrected chi connectivity index (χ0v) is 6.83. The zero-order valence-electron chi connectivity index (χ0n) is 5.93. The van der Waals surface area contributed by atoms with E-state index in [9.17, 15) is 0 Å². The van der Waals surface area contributed by atoms with Crippen LogP contribution in [0.3, 0.4) is 0 Å². The zero-order chi connectivity index (χ0) is 6.78. The van der Waals surface area contributed by atoms with Crippen molar-refractivity contribution in [3.8, 4) is 0 Å². The standard InChI is InChI=1S/C6H14OS/c1-5(2)7-6(3,4)8/h5,8H,1-4H3. The van der Waals surface area contributed by atoms with Crippen molar-refractivity contribution in [3.63, 3.8) is 0 Å². The molecule has 0 radical (unpaired) electrons. The summed E-state index contributed by atoms with van der Waals surface area (Å²) in [4.78, 5) is -0.284. The van der Waals surface area contributed by atoms with Crippen LogP contribution in [-0.4, -0.2) is 11.0 Å². The summed E-state index contributed by atoms with van der Waals surface area (Å²) in [6, 6.07) is 0. The maximum atomic E-state index is 5.30. The van der Waals surface area contributed by atoms with Gasteiger partial charge in [-0.25, -0.2) is 0 Å². The lowest BCUT2D eigenvalue weighted by Crippen LogP contribution is -2.20. The van der Waals surface area contributed by atoms with E-state index in [-0.39, 0.29) is 11.0 Å². The second-order valence-electron chi connectivity index (χ2n) is 2.61. The van der Waals surface area contributed by atoms with Gasteiger partial charge in [-0.2, -0.15) is 0 Å². The maximum absolute atomic E-state index is 5.30. The van der Waals surface area contributed by atoms with Crippen LogP contribution in [0.4, 0.5) is 0 Å². The molecule has 0 spiro atoms. The van der Waals surface area contributed by atoms with E-state index in [0.29, 0.717) is 0 Å². The van der Waals surface area contributed by atoms with Crippen LogP contribution in [-0.2, 0) is 4.74 Å². The number of thiol groups is 1. The summed E-state index contributed by atoms with van der Waals surface area (Å²) in [6.45, 7) is 7.85. The van der Waals surface area contributed by atoms with Crippen LogP contribution in [0.15, 0.2) is 0 Å². The molecule has 0 unspecified atom stereocenters. The Hall–Kier alpha value is 0.310. The molecule has 0 heterocycles. The van der Waals surface area contributed by atoms with Crippen molar-refractivity contribution in [2.45, 2.75) is 38.7 Å². The topological polar surface area (TPSA) is 9.23 Å². The fourth-order valence-electron chi connectivity index (χ4n) is 0.577. The molecular formula is C6H14OS. The maximum Gasteiger partial charge on any atom is 0.105 e. The molecular weight excluding hydrogens is 120 g/mol. The molecule has 0 aromatic rings. The predicted octanol–water partition coefficient (Wildman–Crippen LogP) is 2.08. The Kier molecular flexibility index (Phi) is 2.84. The van der Waals surface area contributed by atoms with Crippen LogP contribution in [0.2, 0.25) is 0 Å². The Morgan fingerprint density at radius 3 is 1.75 bits per heavy atom. The van der Waals surface area contributed by atoms with Crippen molar-refractivity contribution >= 4 is 12.6 Å². The molecule has 2 heteroatoms. The summed E-state index contributed by atoms with van der Waals surface area (Å²) in [7, 11) is 0. The van der Waals surface area contributed by atoms with Crippen LogP contribution in [0.5, 0.6) is 0 Å². The Morgan fingerprint density at radius 1 is 1.38 bits per heavy atom. The fourth-order valence-corrected chi connectivity index (χ4v) is 0.788. The molecule has 0 fully saturated rings. The van der Waals surface area contributed by atoms with Gasteiger partial charge >= 0.3 is 0 Å². The first-order chi connectivity index (χ1) is 3.42. The third kappa shape index (κ3) is 6.31. The van der Waals surface area contributed by atoms with E-state index in [0.717, 1.165) is 0 Å². The van der Waals surface area contributed by atoms with Crippen molar-refractivity contribution in [1.29, 1.82) is 0 Å². The summed E-state index contributed by atoms with van der Waals surface area (Å²) < 4.78 is 5.30. The molecule has 0 aromatic heterocycles. The van der Waals surface area contributed by atoms with E-state index in [2.05, 4.69) is 12.6 Å². The fraction of sp³-hybridized carbons (Fsp3) is 1.00. The smallest absolute Gasteiger partial charge is 0.105 e. The summed E-state index contributed by atoms with van der Waals surface area (Å²) in [5.74, 6) is 0. The van der Waals surface area contributed by atoms with Crippen LogP contribution in [0, 0.1) is 0 Å². The van der Waals surface area contributed by atoms with Crippen molar-refractivity contribution in [1.82, 2.24) is 0 Å². The summed E-state index contributed by atoms with van der Waals surface area (Å²) in [5.41, 5.74) is 0. The summed E-state index contributed by atoms with van der Waals surface area (Å²) in [6.07, 6.45) is 0.266. The Bertz CT molecular complexity index is 63.4. The third-order valence-corrected chi connectivity index (χ3v) is 0.630. The van der Waals surface area contributed by atoms with Crippen molar-refractivity contribution in [2.75, 3.05) is 0 Å². The largest absolute Gasteiger partial charge is 0.363 e. The highest BCUT2D eigenvalue weighted by molar-refractivity contribution is 7.81. The SMILES string of the molecule is CC(C)OC(C)(C)S. The van der Waals surface area contributed by atoms with E-state index < -0.39 is 0 Å². The first-order valence-corrected chi connectivity index (χ1v) is 3.27. The van der Waals surface area contributed by atoms with Gasteiger partial charge in [0.15, 0.2) is 0 Å². The first kappa shape index (κ1) is 8.31. The van der Waals surface area contributed by atoms with E-state index in [1.807, 2.05) is 27.7 Å². The number of ether oxygens (including phenoxy) is 1. The van der Waals surface area contributed by atoms with Crippen molar-refractivity contribution < 1.29 is 4.74 Å². The summed E-state index contributed by atoms with van der Waals surface area (Å²) >= 11 is 4.17. The van der Waals surface area contributed by atoms with Crippen molar-refractivity contribution in [3.05, 3.63) is 0 Å². The normalized spacial score (nSPS) is 12.8. The molecule has 8 heavy (non-hydrogen) atoms. The minimum absolute atomic E-state index is 0.266. The van der Waals surface area contributed by atoms with Gasteiger partial charge in [0.1, 0.15) is 4.93 Å². The van der Waals surface area contributed by atoms with E-state index >= 15 is 0 Å². The van der Waals surface area contributed by atoms with E-state index in [4.69, 9.17) is 4.74 Å². The van der Waals surface area contributed by atoms with E-state index in [1.54, 1.807) is 0 Å². The Morgan fingerprint density at radius 2 is 1.75 bits per heavy atom. The number of hydrogen-bond donors (Lipinski definition) is 1. The highest BCUT2D eigenvalue weighted by atomic mass is 32.1. The van der Waals surface area contributed by atoms with Crippen LogP contribution in [0.1, 0.15) is 27.7 Å². The van der Waals surface area contributed by atoms with Gasteiger partial charge in [-0.1, -0.05) is 0 Å². The molecule has 1 nitrogen and oxygen atoms in total. The predicted molar refractivity (Wildman–Crippen MR) is 39.3 cm³/mol. The first-order valence-electron chi connectivity index (χ1n) is 2.82. The minimum atomic E-state index is -0.284. The lowest BCUT2D eigenvalue weighted by molar-refractivity contribution is 0.00793. The van der Waals surface area contributed by atoms with Gasteiger partial charge in [0, 0.05) is 0 Å². The number of hydrogen-bond acceptors (Lipinski definition) is 2. The van der Waals surface area contributed by atoms with Crippen LogP contribution in [0.25, 0.3) is 0 Å². The molecule has 0 saturated heterocycles. The average molecular weight is 134 g/mol. The van der Waals surface area contributed by atoms with Gasteiger partial charge in [0.2, 0.25) is 0 Å². The lowest BCUT2D eigenvalue weighted by atomic mass is 10.4. The lowest BCUT2D eigenvalue weighted by Gasteiger charge is -2.21. The molecule has 0 saturated carbocycles. The average Bonchev–Trinajstić information content (AvgIpc) is 1.21. The molecule has 0 atom stereocenters. The Labute approximate surface area is 56.8 Å². The molecule has 0 amide bonds. The summed E-state index contributed by atoms with van der Waals surface area (Å²) in [5, 5.41) is 0. The second kappa shape index (κ2) is 2.74. The monoisotopic (exact) mass is 134 g/mol. The molecule has 50 valence electrons. The minimum Gasteiger partial charge on any atom is -0.363 e. The highest BCUT2D eigenvalue weighted by Crippen LogP contribution is 2.15. The van der Waals surface area contributed by atoms with Gasteiger partial charge in [0.25, 0.3) is 0 Å². The third-order valence-electron chi connectivity index (χ3n) is 0.524. The Balaban J connectivity index is 3.39. The molecule has 0 bridgehead atoms. The molecule has 0 aliphatic heterocycles. The molecule has 0 aliphatic carbocycles. The molecule has 0 N–H and O–H groups in total. The van der Waals surface area contributed by atoms with Gasteiger partial charge in [0.05, 0.1) is 6.10 Å². The highest BCUT2D eigenvalue weighted by Gasteiger charge is 2.12. The molecule has 0 rings (SSSR count). The van der Waals surface area contributed by atoms with Crippen molar-refractivity contribution in [2.24, 2.45) is 0 Å². The number of rotatable bonds is 2. The van der Waals surface area contributed by atoms with E-state index in [1.165, 1.54) is 0 Å². The molecule has 0 aliphatic rings. The van der Waals surface area contributed by atoms with Gasteiger partial charge in [-0.15, -0.1) is 12.6 Å². The van der Waals surface area contributed by atoms with Gasteiger partial charge < -0.3 is 4.74 Å². The van der Waals surface area contributed by atoms with Crippen LogP contribution >= 0.6 is 12.6 Å². The quantitative estimate of drug-likeness (QED) is 0.449. The van der Waals surface area contributed by atoms with Gasteiger partial charge in [-0.3, -0.25) is 0 Å². The van der Waals surface area contributed by atoms with Gasteiger partial charge in [-0.05, 0) is 27.7 Å². The van der Waals surface area contributed by atoms with Crippen LogP contribution < -0.4 is 0 Å².